The summed E-state index contributed by atoms with van der Waals surface area (Å²) < 4.78 is 40.3. The highest BCUT2D eigenvalue weighted by Crippen LogP contribution is 2.17. The number of carbonyl (C=O) groups excluding carboxylic acids is 2. The maximum atomic E-state index is 13.9. The lowest BCUT2D eigenvalue weighted by Gasteiger charge is -2.29. The standard InChI is InChI=1S/C17H33FN2O7/c1-14(21)13-26-9-8-24-5-4-23-6-7-25-10-11-27-17(2,3)15(18)12-20-16(19)22/h15H,4-13H2,1-3H3,(H3,19,20,22). The number of Topliss-reactive ketones (excluding diaryl/α,β-unsaturated/α-hetero) is 1. The van der Waals surface area contributed by atoms with Crippen LogP contribution in [0.3, 0.4) is 0 Å². The number of carbonyl (C=O) groups is 2. The number of amides is 2. The second kappa shape index (κ2) is 15.7. The van der Waals surface area contributed by atoms with Crippen molar-refractivity contribution < 1.29 is 37.7 Å². The van der Waals surface area contributed by atoms with Crippen molar-refractivity contribution >= 4 is 11.8 Å². The Morgan fingerprint density at radius 3 is 1.81 bits per heavy atom. The van der Waals surface area contributed by atoms with E-state index in [1.165, 1.54) is 6.92 Å². The zero-order valence-electron chi connectivity index (χ0n) is 16.5. The fourth-order valence-electron chi connectivity index (χ4n) is 1.77. The predicted molar refractivity (Wildman–Crippen MR) is 96.5 cm³/mol. The monoisotopic (exact) mass is 396 g/mol. The molecule has 3 N–H and O–H groups in total. The second-order valence-electron chi connectivity index (χ2n) is 6.26. The van der Waals surface area contributed by atoms with Crippen LogP contribution in [0.1, 0.15) is 20.8 Å². The summed E-state index contributed by atoms with van der Waals surface area (Å²) in [5.41, 5.74) is 3.84. The van der Waals surface area contributed by atoms with Crippen LogP contribution in [0.4, 0.5) is 9.18 Å². The lowest BCUT2D eigenvalue weighted by Crippen LogP contribution is -2.45. The Labute approximate surface area is 160 Å². The van der Waals surface area contributed by atoms with E-state index in [4.69, 9.17) is 29.4 Å². The highest BCUT2D eigenvalue weighted by atomic mass is 19.1. The number of urea groups is 1. The Balaban J connectivity index is 3.41. The minimum absolute atomic E-state index is 0.0168. The molecule has 0 fully saturated rings. The van der Waals surface area contributed by atoms with E-state index in [9.17, 15) is 14.0 Å². The highest BCUT2D eigenvalue weighted by molar-refractivity contribution is 5.76. The molecule has 0 aliphatic heterocycles. The van der Waals surface area contributed by atoms with Crippen molar-refractivity contribution in [2.24, 2.45) is 5.73 Å². The zero-order chi connectivity index (χ0) is 20.5. The van der Waals surface area contributed by atoms with Crippen LogP contribution in [-0.4, -0.2) is 89.6 Å². The van der Waals surface area contributed by atoms with Gasteiger partial charge in [0.2, 0.25) is 0 Å². The number of hydrogen-bond donors (Lipinski definition) is 2. The summed E-state index contributed by atoms with van der Waals surface area (Å²) in [7, 11) is 0. The predicted octanol–water partition coefficient (Wildman–Crippen LogP) is 0.443. The molecule has 0 aliphatic carbocycles. The Morgan fingerprint density at radius 2 is 1.37 bits per heavy atom. The minimum atomic E-state index is -1.39. The Bertz CT molecular complexity index is 411. The molecule has 27 heavy (non-hydrogen) atoms. The van der Waals surface area contributed by atoms with Crippen LogP contribution in [0, 0.1) is 0 Å². The van der Waals surface area contributed by atoms with Crippen LogP contribution in [-0.2, 0) is 28.5 Å². The number of ketones is 1. The third kappa shape index (κ3) is 16.6. The summed E-state index contributed by atoms with van der Waals surface area (Å²) in [5, 5.41) is 2.21. The van der Waals surface area contributed by atoms with Crippen molar-refractivity contribution in [2.75, 3.05) is 66.0 Å². The van der Waals surface area contributed by atoms with Gasteiger partial charge in [-0.2, -0.15) is 0 Å². The maximum Gasteiger partial charge on any atom is 0.312 e. The van der Waals surface area contributed by atoms with Gasteiger partial charge in [-0.15, -0.1) is 0 Å². The zero-order valence-corrected chi connectivity index (χ0v) is 16.5. The number of primary amides is 1. The average Bonchev–Trinajstić information content (AvgIpc) is 2.59. The minimum Gasteiger partial charge on any atom is -0.377 e. The van der Waals surface area contributed by atoms with Gasteiger partial charge in [-0.1, -0.05) is 0 Å². The number of rotatable bonds is 18. The molecule has 0 aliphatic rings. The lowest BCUT2D eigenvalue weighted by molar-refractivity contribution is -0.122. The largest absolute Gasteiger partial charge is 0.377 e. The molecule has 0 rings (SSSR count). The first-order valence-electron chi connectivity index (χ1n) is 8.87. The van der Waals surface area contributed by atoms with Gasteiger partial charge in [0.05, 0.1) is 65.0 Å². The molecular formula is C17H33FN2O7. The average molecular weight is 396 g/mol. The molecular weight excluding hydrogens is 363 g/mol. The van der Waals surface area contributed by atoms with E-state index in [1.54, 1.807) is 13.8 Å². The van der Waals surface area contributed by atoms with E-state index in [0.717, 1.165) is 0 Å². The molecule has 0 radical (unpaired) electrons. The summed E-state index contributed by atoms with van der Waals surface area (Å²) >= 11 is 0. The van der Waals surface area contributed by atoms with Gasteiger partial charge in [-0.3, -0.25) is 4.79 Å². The van der Waals surface area contributed by atoms with E-state index in [-0.39, 0.29) is 25.5 Å². The van der Waals surface area contributed by atoms with Crippen LogP contribution >= 0.6 is 0 Å². The lowest BCUT2D eigenvalue weighted by atomic mass is 10.0. The van der Waals surface area contributed by atoms with Gasteiger partial charge in [0.15, 0.2) is 5.78 Å². The topological polar surface area (TPSA) is 118 Å². The molecule has 0 aromatic rings. The van der Waals surface area contributed by atoms with E-state index in [1.807, 2.05) is 0 Å². The Kier molecular flexibility index (Phi) is 14.9. The van der Waals surface area contributed by atoms with Crippen molar-refractivity contribution in [3.63, 3.8) is 0 Å². The van der Waals surface area contributed by atoms with Crippen LogP contribution < -0.4 is 11.1 Å². The molecule has 0 bridgehead atoms. The van der Waals surface area contributed by atoms with Gasteiger partial charge in [0.1, 0.15) is 12.8 Å². The third-order valence-electron chi connectivity index (χ3n) is 3.33. The number of halogens is 1. The number of alkyl halides is 1. The van der Waals surface area contributed by atoms with Crippen molar-refractivity contribution in [1.29, 1.82) is 0 Å². The van der Waals surface area contributed by atoms with E-state index in [2.05, 4.69) is 5.32 Å². The molecule has 2 amide bonds. The van der Waals surface area contributed by atoms with Crippen LogP contribution in [0.25, 0.3) is 0 Å². The van der Waals surface area contributed by atoms with Crippen molar-refractivity contribution in [3.8, 4) is 0 Å². The smallest absolute Gasteiger partial charge is 0.312 e. The van der Waals surface area contributed by atoms with Gasteiger partial charge in [0, 0.05) is 0 Å². The van der Waals surface area contributed by atoms with Crippen LogP contribution in [0.15, 0.2) is 0 Å². The number of ether oxygens (including phenoxy) is 5. The molecule has 0 aromatic heterocycles. The Hall–Kier alpha value is -1.33. The molecule has 0 saturated carbocycles. The normalized spacial score (nSPS) is 12.7. The molecule has 160 valence electrons. The van der Waals surface area contributed by atoms with Crippen molar-refractivity contribution in [3.05, 3.63) is 0 Å². The van der Waals surface area contributed by atoms with E-state index < -0.39 is 17.8 Å². The Morgan fingerprint density at radius 1 is 0.926 bits per heavy atom. The number of nitrogens with two attached hydrogens (primary N) is 1. The second-order valence-corrected chi connectivity index (χ2v) is 6.26. The fraction of sp³-hybridized carbons (Fsp3) is 0.882. The first-order chi connectivity index (χ1) is 12.8. The molecule has 0 aromatic carbocycles. The summed E-state index contributed by atoms with van der Waals surface area (Å²) in [6.45, 7) is 7.48. The van der Waals surface area contributed by atoms with Gasteiger partial charge < -0.3 is 34.7 Å². The van der Waals surface area contributed by atoms with Crippen molar-refractivity contribution in [1.82, 2.24) is 5.32 Å². The molecule has 1 atom stereocenters. The molecule has 9 nitrogen and oxygen atoms in total. The fourth-order valence-corrected chi connectivity index (χ4v) is 1.77. The number of hydrogen-bond acceptors (Lipinski definition) is 7. The molecule has 0 saturated heterocycles. The quantitative estimate of drug-likeness (QED) is 0.323. The maximum absolute atomic E-state index is 13.9. The third-order valence-corrected chi connectivity index (χ3v) is 3.33. The van der Waals surface area contributed by atoms with Crippen molar-refractivity contribution in [2.45, 2.75) is 32.5 Å². The van der Waals surface area contributed by atoms with Gasteiger partial charge in [0.25, 0.3) is 0 Å². The van der Waals surface area contributed by atoms with E-state index in [0.29, 0.717) is 46.2 Å². The van der Waals surface area contributed by atoms with Gasteiger partial charge in [-0.05, 0) is 20.8 Å². The van der Waals surface area contributed by atoms with Gasteiger partial charge in [-0.25, -0.2) is 9.18 Å². The summed E-state index contributed by atoms with van der Waals surface area (Å²) in [5.74, 6) is -0.0168. The molecule has 0 spiro atoms. The summed E-state index contributed by atoms with van der Waals surface area (Å²) in [6, 6.07) is -0.775. The van der Waals surface area contributed by atoms with Crippen LogP contribution in [0.5, 0.6) is 0 Å². The summed E-state index contributed by atoms with van der Waals surface area (Å²) in [4.78, 5) is 21.2. The first-order valence-corrected chi connectivity index (χ1v) is 8.87. The molecule has 1 unspecified atom stereocenters. The van der Waals surface area contributed by atoms with Crippen LogP contribution in [0.2, 0.25) is 0 Å². The number of nitrogens with one attached hydrogen (secondary N) is 1. The molecule has 10 heteroatoms. The van der Waals surface area contributed by atoms with E-state index >= 15 is 0 Å². The van der Waals surface area contributed by atoms with Gasteiger partial charge >= 0.3 is 6.03 Å². The first kappa shape index (κ1) is 25.7. The SMILES string of the molecule is CC(=O)COCCOCCOCCOCCOC(C)(C)C(F)CNC(N)=O. The highest BCUT2D eigenvalue weighted by Gasteiger charge is 2.30. The molecule has 0 heterocycles. The summed E-state index contributed by atoms with van der Waals surface area (Å²) in [6.07, 6.45) is -1.39.